The second-order valence-corrected chi connectivity index (χ2v) is 5.24. The fourth-order valence-corrected chi connectivity index (χ4v) is 3.15. The first-order chi connectivity index (χ1) is 9.11. The normalized spacial score (nSPS) is 28.3. The molecule has 5 nitrogen and oxygen atoms in total. The molecule has 3 rings (SSSR count). The maximum atomic E-state index is 13.9. The summed E-state index contributed by atoms with van der Waals surface area (Å²) in [5.74, 6) is 1.24. The van der Waals surface area contributed by atoms with Gasteiger partial charge in [-0.15, -0.1) is 0 Å². The van der Waals surface area contributed by atoms with Crippen LogP contribution in [0.3, 0.4) is 0 Å². The van der Waals surface area contributed by atoms with Gasteiger partial charge >= 0.3 is 0 Å². The molecular formula is C13H15FN2O3. The van der Waals surface area contributed by atoms with Gasteiger partial charge in [0.25, 0.3) is 5.69 Å². The van der Waals surface area contributed by atoms with Crippen molar-refractivity contribution in [2.24, 2.45) is 17.8 Å². The van der Waals surface area contributed by atoms with E-state index in [1.807, 2.05) is 4.90 Å². The maximum Gasteiger partial charge on any atom is 0.272 e. The Balaban J connectivity index is 1.71. The van der Waals surface area contributed by atoms with Gasteiger partial charge in [-0.05, 0) is 23.8 Å². The fraction of sp³-hybridized carbons (Fsp3) is 0.538. The van der Waals surface area contributed by atoms with E-state index in [9.17, 15) is 14.5 Å². The maximum absolute atomic E-state index is 13.9. The van der Waals surface area contributed by atoms with E-state index < -0.39 is 10.7 Å². The topological polar surface area (TPSA) is 55.6 Å². The highest BCUT2D eigenvalue weighted by atomic mass is 19.1. The molecule has 0 aromatic heterocycles. The highest BCUT2D eigenvalue weighted by Gasteiger charge is 2.55. The first-order valence-electron chi connectivity index (χ1n) is 6.29. The van der Waals surface area contributed by atoms with E-state index in [4.69, 9.17) is 4.74 Å². The fourth-order valence-electron chi connectivity index (χ4n) is 3.15. The number of hydrogen-bond donors (Lipinski definition) is 0. The Hall–Kier alpha value is -1.69. The summed E-state index contributed by atoms with van der Waals surface area (Å²) >= 11 is 0. The van der Waals surface area contributed by atoms with Crippen LogP contribution in [0.4, 0.5) is 15.8 Å². The van der Waals surface area contributed by atoms with Crippen molar-refractivity contribution in [3.8, 4) is 0 Å². The minimum absolute atomic E-state index is 0.206. The predicted molar refractivity (Wildman–Crippen MR) is 67.6 cm³/mol. The molecule has 19 heavy (non-hydrogen) atoms. The first-order valence-corrected chi connectivity index (χ1v) is 6.29. The molecule has 2 fully saturated rings. The smallest absolute Gasteiger partial charge is 0.272 e. The zero-order valence-electron chi connectivity index (χ0n) is 10.6. The molecule has 1 aliphatic carbocycles. The minimum Gasteiger partial charge on any atom is -0.384 e. The predicted octanol–water partition coefficient (Wildman–Crippen LogP) is 2.06. The van der Waals surface area contributed by atoms with Gasteiger partial charge in [0.2, 0.25) is 0 Å². The van der Waals surface area contributed by atoms with Gasteiger partial charge < -0.3 is 9.64 Å². The molecule has 0 bridgehead atoms. The summed E-state index contributed by atoms with van der Waals surface area (Å²) in [6, 6.07) is 3.85. The number of ether oxygens (including phenoxy) is 1. The van der Waals surface area contributed by atoms with Crippen LogP contribution in [0, 0.1) is 33.7 Å². The number of fused-ring (bicyclic) bond motifs is 1. The van der Waals surface area contributed by atoms with E-state index in [2.05, 4.69) is 0 Å². The number of rotatable bonds is 4. The van der Waals surface area contributed by atoms with Crippen molar-refractivity contribution in [3.63, 3.8) is 0 Å². The van der Waals surface area contributed by atoms with Crippen LogP contribution in [0.15, 0.2) is 18.2 Å². The molecule has 2 aliphatic rings. The van der Waals surface area contributed by atoms with Gasteiger partial charge in [0.1, 0.15) is 0 Å². The number of hydrogen-bond acceptors (Lipinski definition) is 4. The van der Waals surface area contributed by atoms with Crippen LogP contribution < -0.4 is 4.90 Å². The Labute approximate surface area is 110 Å². The second kappa shape index (κ2) is 4.45. The summed E-state index contributed by atoms with van der Waals surface area (Å²) in [4.78, 5) is 12.0. The number of methoxy groups -OCH3 is 1. The highest BCUT2D eigenvalue weighted by Crippen LogP contribution is 2.52. The largest absolute Gasteiger partial charge is 0.384 e. The Morgan fingerprint density at radius 2 is 2.16 bits per heavy atom. The minimum atomic E-state index is -0.580. The number of nitro groups is 1. The molecule has 0 amide bonds. The van der Waals surface area contributed by atoms with E-state index in [0.717, 1.165) is 25.8 Å². The van der Waals surface area contributed by atoms with Crippen LogP contribution in [0.1, 0.15) is 0 Å². The van der Waals surface area contributed by atoms with Crippen molar-refractivity contribution >= 4 is 11.4 Å². The van der Waals surface area contributed by atoms with Gasteiger partial charge in [-0.3, -0.25) is 10.1 Å². The summed E-state index contributed by atoms with van der Waals surface area (Å²) in [5, 5.41) is 10.6. The number of nitrogens with zero attached hydrogens (tertiary/aromatic N) is 2. The molecule has 6 heteroatoms. The third kappa shape index (κ3) is 2.06. The number of halogens is 1. The van der Waals surface area contributed by atoms with Gasteiger partial charge in [-0.25, -0.2) is 4.39 Å². The zero-order chi connectivity index (χ0) is 13.6. The van der Waals surface area contributed by atoms with Crippen LogP contribution in [0.5, 0.6) is 0 Å². The van der Waals surface area contributed by atoms with Gasteiger partial charge in [0, 0.05) is 32.9 Å². The lowest BCUT2D eigenvalue weighted by atomic mass is 10.2. The Kier molecular flexibility index (Phi) is 2.89. The van der Waals surface area contributed by atoms with E-state index >= 15 is 0 Å². The van der Waals surface area contributed by atoms with Crippen LogP contribution in [-0.4, -0.2) is 31.7 Å². The monoisotopic (exact) mass is 266 g/mol. The average Bonchev–Trinajstić information content (AvgIpc) is 2.84. The number of nitro benzene ring substituents is 1. The van der Waals surface area contributed by atoms with Gasteiger partial charge in [0.15, 0.2) is 5.82 Å². The van der Waals surface area contributed by atoms with E-state index in [-0.39, 0.29) is 5.69 Å². The summed E-state index contributed by atoms with van der Waals surface area (Å²) < 4.78 is 19.0. The van der Waals surface area contributed by atoms with E-state index in [0.29, 0.717) is 23.4 Å². The molecule has 102 valence electrons. The lowest BCUT2D eigenvalue weighted by Crippen LogP contribution is -2.25. The molecular weight excluding hydrogens is 251 g/mol. The quantitative estimate of drug-likeness (QED) is 0.618. The molecule has 0 radical (unpaired) electrons. The first kappa shape index (κ1) is 12.3. The van der Waals surface area contributed by atoms with Gasteiger partial charge in [-0.2, -0.15) is 0 Å². The average molecular weight is 266 g/mol. The summed E-state index contributed by atoms with van der Waals surface area (Å²) in [6.07, 6.45) is 0. The molecule has 3 atom stereocenters. The van der Waals surface area contributed by atoms with Crippen molar-refractivity contribution in [2.75, 3.05) is 31.7 Å². The van der Waals surface area contributed by atoms with E-state index in [1.54, 1.807) is 7.11 Å². The third-order valence-corrected chi connectivity index (χ3v) is 4.21. The van der Waals surface area contributed by atoms with Crippen molar-refractivity contribution in [1.82, 2.24) is 0 Å². The van der Waals surface area contributed by atoms with Crippen molar-refractivity contribution in [2.45, 2.75) is 0 Å². The molecule has 1 saturated heterocycles. The number of non-ortho nitro benzene ring substituents is 1. The molecule has 0 N–H and O–H groups in total. The lowest BCUT2D eigenvalue weighted by Gasteiger charge is -2.22. The molecule has 1 saturated carbocycles. The van der Waals surface area contributed by atoms with Crippen LogP contribution in [0.2, 0.25) is 0 Å². The van der Waals surface area contributed by atoms with Crippen molar-refractivity contribution in [3.05, 3.63) is 34.1 Å². The number of anilines is 1. The van der Waals surface area contributed by atoms with Crippen LogP contribution >= 0.6 is 0 Å². The van der Waals surface area contributed by atoms with Gasteiger partial charge in [0.05, 0.1) is 16.7 Å². The van der Waals surface area contributed by atoms with Crippen molar-refractivity contribution in [1.29, 1.82) is 0 Å². The summed E-state index contributed by atoms with van der Waals surface area (Å²) in [7, 11) is 1.70. The molecule has 1 aromatic rings. The SMILES string of the molecule is COC[C@@H]1[C@H]2CN(c3ccc([N+](=O)[O-])cc3F)C[C@@H]12. The lowest BCUT2D eigenvalue weighted by molar-refractivity contribution is -0.385. The molecule has 0 spiro atoms. The Morgan fingerprint density at radius 1 is 1.47 bits per heavy atom. The molecule has 1 aliphatic heterocycles. The third-order valence-electron chi connectivity index (χ3n) is 4.21. The molecule has 1 heterocycles. The standard InChI is InChI=1S/C13H15FN2O3/c1-19-7-11-9-5-15(6-10(9)11)13-3-2-8(16(17)18)4-12(13)14/h2-4,9-11H,5-7H2,1H3/t9-,10+,11+. The second-order valence-electron chi connectivity index (χ2n) is 5.24. The molecule has 1 aromatic carbocycles. The highest BCUT2D eigenvalue weighted by molar-refractivity contribution is 5.54. The van der Waals surface area contributed by atoms with Gasteiger partial charge in [-0.1, -0.05) is 0 Å². The number of benzene rings is 1. The summed E-state index contributed by atoms with van der Waals surface area (Å²) in [5.41, 5.74) is 0.261. The van der Waals surface area contributed by atoms with Crippen LogP contribution in [-0.2, 0) is 4.74 Å². The van der Waals surface area contributed by atoms with E-state index in [1.165, 1.54) is 12.1 Å². The summed E-state index contributed by atoms with van der Waals surface area (Å²) in [6.45, 7) is 2.40. The zero-order valence-corrected chi connectivity index (χ0v) is 10.6. The Bertz CT molecular complexity index is 511. The van der Waals surface area contributed by atoms with Crippen LogP contribution in [0.25, 0.3) is 0 Å². The Morgan fingerprint density at radius 3 is 2.68 bits per heavy atom. The van der Waals surface area contributed by atoms with Crippen molar-refractivity contribution < 1.29 is 14.1 Å². The molecule has 0 unspecified atom stereocenters. The number of piperidine rings is 1.